The standard InChI is InChI=1S/C15H19N/c1-10-8-12-9-13(15(3,4)5)6-7-14(12)11(2)16-10/h6-7,9H,1,8H2,2-5H3. The molecular weight excluding hydrogens is 194 g/mol. The number of allylic oxidation sites excluding steroid dienone is 1. The third-order valence-electron chi connectivity index (χ3n) is 3.08. The van der Waals surface area contributed by atoms with Crippen LogP contribution in [0.4, 0.5) is 0 Å². The lowest BCUT2D eigenvalue weighted by molar-refractivity contribution is 0.589. The van der Waals surface area contributed by atoms with Gasteiger partial charge in [0.25, 0.3) is 0 Å². The molecule has 0 fully saturated rings. The lowest BCUT2D eigenvalue weighted by Crippen LogP contribution is -2.14. The highest BCUT2D eigenvalue weighted by molar-refractivity contribution is 6.01. The largest absolute Gasteiger partial charge is 0.258 e. The van der Waals surface area contributed by atoms with Crippen LogP contribution in [0.3, 0.4) is 0 Å². The summed E-state index contributed by atoms with van der Waals surface area (Å²) in [4.78, 5) is 4.44. The number of nitrogens with zero attached hydrogens (tertiary/aromatic N) is 1. The number of hydrogen-bond acceptors (Lipinski definition) is 1. The van der Waals surface area contributed by atoms with E-state index in [0.717, 1.165) is 17.8 Å². The van der Waals surface area contributed by atoms with Crippen molar-refractivity contribution in [2.24, 2.45) is 4.99 Å². The summed E-state index contributed by atoms with van der Waals surface area (Å²) in [5.74, 6) is 0. The number of rotatable bonds is 0. The van der Waals surface area contributed by atoms with Crippen LogP contribution in [0.2, 0.25) is 0 Å². The number of fused-ring (bicyclic) bond motifs is 1. The van der Waals surface area contributed by atoms with Crippen LogP contribution < -0.4 is 0 Å². The van der Waals surface area contributed by atoms with Crippen LogP contribution >= 0.6 is 0 Å². The van der Waals surface area contributed by atoms with Crippen molar-refractivity contribution in [1.29, 1.82) is 0 Å². The summed E-state index contributed by atoms with van der Waals surface area (Å²) in [5, 5.41) is 0. The molecule has 0 aliphatic carbocycles. The molecule has 1 aromatic carbocycles. The fourth-order valence-electron chi connectivity index (χ4n) is 2.12. The number of hydrogen-bond donors (Lipinski definition) is 0. The van der Waals surface area contributed by atoms with Crippen molar-refractivity contribution in [1.82, 2.24) is 0 Å². The van der Waals surface area contributed by atoms with Crippen LogP contribution in [0.15, 0.2) is 35.5 Å². The van der Waals surface area contributed by atoms with E-state index >= 15 is 0 Å². The summed E-state index contributed by atoms with van der Waals surface area (Å²) in [5.41, 5.74) is 6.29. The summed E-state index contributed by atoms with van der Waals surface area (Å²) in [6.45, 7) is 12.8. The molecule has 0 aromatic heterocycles. The first-order chi connectivity index (χ1) is 7.38. The normalized spacial score (nSPS) is 15.8. The van der Waals surface area contributed by atoms with E-state index in [1.54, 1.807) is 0 Å². The Morgan fingerprint density at radius 2 is 1.94 bits per heavy atom. The minimum atomic E-state index is 0.207. The van der Waals surface area contributed by atoms with Crippen molar-refractivity contribution >= 4 is 5.71 Å². The molecule has 0 saturated heterocycles. The smallest absolute Gasteiger partial charge is 0.0451 e. The first kappa shape index (κ1) is 11.1. The zero-order valence-electron chi connectivity index (χ0n) is 10.6. The molecule has 1 aromatic rings. The van der Waals surface area contributed by atoms with Crippen LogP contribution in [0.25, 0.3) is 0 Å². The third-order valence-corrected chi connectivity index (χ3v) is 3.08. The van der Waals surface area contributed by atoms with E-state index in [-0.39, 0.29) is 5.41 Å². The van der Waals surface area contributed by atoms with Gasteiger partial charge in [0.1, 0.15) is 0 Å². The van der Waals surface area contributed by atoms with Gasteiger partial charge in [0.05, 0.1) is 0 Å². The first-order valence-electron chi connectivity index (χ1n) is 5.75. The van der Waals surface area contributed by atoms with Gasteiger partial charge in [-0.3, -0.25) is 4.99 Å². The van der Waals surface area contributed by atoms with E-state index in [1.165, 1.54) is 16.7 Å². The average Bonchev–Trinajstić information content (AvgIpc) is 2.15. The van der Waals surface area contributed by atoms with Crippen LogP contribution in [0, 0.1) is 0 Å². The van der Waals surface area contributed by atoms with Crippen molar-refractivity contribution in [3.8, 4) is 0 Å². The monoisotopic (exact) mass is 213 g/mol. The Morgan fingerprint density at radius 1 is 1.25 bits per heavy atom. The summed E-state index contributed by atoms with van der Waals surface area (Å²) in [6, 6.07) is 6.71. The molecule has 1 heterocycles. The van der Waals surface area contributed by atoms with Gasteiger partial charge in [-0.2, -0.15) is 0 Å². The average molecular weight is 213 g/mol. The fourth-order valence-corrected chi connectivity index (χ4v) is 2.12. The van der Waals surface area contributed by atoms with Crippen LogP contribution in [-0.2, 0) is 11.8 Å². The summed E-state index contributed by atoms with van der Waals surface area (Å²) >= 11 is 0. The molecule has 84 valence electrons. The van der Waals surface area contributed by atoms with Crippen molar-refractivity contribution in [2.45, 2.75) is 39.5 Å². The molecule has 0 bridgehead atoms. The topological polar surface area (TPSA) is 12.4 Å². The maximum absolute atomic E-state index is 4.44. The second kappa shape index (κ2) is 3.58. The second-order valence-corrected chi connectivity index (χ2v) is 5.56. The highest BCUT2D eigenvalue weighted by Gasteiger charge is 2.18. The van der Waals surface area contributed by atoms with Gasteiger partial charge in [-0.25, -0.2) is 0 Å². The Bertz CT molecular complexity index is 473. The van der Waals surface area contributed by atoms with Crippen molar-refractivity contribution in [3.05, 3.63) is 47.2 Å². The van der Waals surface area contributed by atoms with E-state index in [2.05, 4.69) is 57.5 Å². The summed E-state index contributed by atoms with van der Waals surface area (Å²) in [6.07, 6.45) is 0.886. The second-order valence-electron chi connectivity index (χ2n) is 5.56. The van der Waals surface area contributed by atoms with Gasteiger partial charge in [0.2, 0.25) is 0 Å². The van der Waals surface area contributed by atoms with Gasteiger partial charge >= 0.3 is 0 Å². The van der Waals surface area contributed by atoms with Crippen molar-refractivity contribution in [3.63, 3.8) is 0 Å². The third kappa shape index (κ3) is 1.95. The molecule has 0 saturated carbocycles. The Morgan fingerprint density at radius 3 is 2.56 bits per heavy atom. The SMILES string of the molecule is C=C1Cc2cc(C(C)(C)C)ccc2C(C)=N1. The molecule has 1 aliphatic rings. The van der Waals surface area contributed by atoms with Gasteiger partial charge < -0.3 is 0 Å². The molecule has 0 unspecified atom stereocenters. The molecule has 1 nitrogen and oxygen atoms in total. The maximum Gasteiger partial charge on any atom is 0.0451 e. The minimum absolute atomic E-state index is 0.207. The Labute approximate surface area is 97.9 Å². The zero-order chi connectivity index (χ0) is 11.9. The molecule has 0 amide bonds. The predicted molar refractivity (Wildman–Crippen MR) is 70.2 cm³/mol. The summed E-state index contributed by atoms with van der Waals surface area (Å²) < 4.78 is 0. The molecule has 1 aliphatic heterocycles. The zero-order valence-corrected chi connectivity index (χ0v) is 10.6. The predicted octanol–water partition coefficient (Wildman–Crippen LogP) is 3.86. The van der Waals surface area contributed by atoms with E-state index in [4.69, 9.17) is 0 Å². The van der Waals surface area contributed by atoms with Gasteiger partial charge in [0, 0.05) is 17.8 Å². The number of benzene rings is 1. The molecular formula is C15H19N. The van der Waals surface area contributed by atoms with E-state index in [0.29, 0.717) is 0 Å². The lowest BCUT2D eigenvalue weighted by atomic mass is 9.83. The minimum Gasteiger partial charge on any atom is -0.258 e. The first-order valence-corrected chi connectivity index (χ1v) is 5.75. The van der Waals surface area contributed by atoms with E-state index in [9.17, 15) is 0 Å². The maximum atomic E-state index is 4.44. The van der Waals surface area contributed by atoms with Crippen molar-refractivity contribution in [2.75, 3.05) is 0 Å². The molecule has 0 N–H and O–H groups in total. The molecule has 16 heavy (non-hydrogen) atoms. The summed E-state index contributed by atoms with van der Waals surface area (Å²) in [7, 11) is 0. The molecule has 0 radical (unpaired) electrons. The highest BCUT2D eigenvalue weighted by atomic mass is 14.8. The van der Waals surface area contributed by atoms with Gasteiger partial charge in [0.15, 0.2) is 0 Å². The Balaban J connectivity index is 2.53. The molecule has 2 rings (SSSR count). The Kier molecular flexibility index (Phi) is 2.49. The van der Waals surface area contributed by atoms with Crippen LogP contribution in [0.5, 0.6) is 0 Å². The van der Waals surface area contributed by atoms with Crippen molar-refractivity contribution < 1.29 is 0 Å². The number of aliphatic imine (C=N–C) groups is 1. The van der Waals surface area contributed by atoms with Crippen LogP contribution in [0.1, 0.15) is 44.4 Å². The van der Waals surface area contributed by atoms with Crippen LogP contribution in [-0.4, -0.2) is 5.71 Å². The Hall–Kier alpha value is -1.37. The fraction of sp³-hybridized carbons (Fsp3) is 0.400. The highest BCUT2D eigenvalue weighted by Crippen LogP contribution is 2.28. The quantitative estimate of drug-likeness (QED) is 0.620. The van der Waals surface area contributed by atoms with Gasteiger partial charge in [-0.15, -0.1) is 0 Å². The van der Waals surface area contributed by atoms with E-state index < -0.39 is 0 Å². The van der Waals surface area contributed by atoms with Gasteiger partial charge in [-0.1, -0.05) is 45.5 Å². The molecule has 0 atom stereocenters. The molecule has 1 heteroatoms. The lowest BCUT2D eigenvalue weighted by Gasteiger charge is -2.23. The van der Waals surface area contributed by atoms with Gasteiger partial charge in [-0.05, 0) is 29.0 Å². The molecule has 0 spiro atoms. The van der Waals surface area contributed by atoms with E-state index in [1.807, 2.05) is 0 Å².